The van der Waals surface area contributed by atoms with Gasteiger partial charge in [0.05, 0.1) is 5.54 Å². The Morgan fingerprint density at radius 2 is 2.00 bits per heavy atom. The van der Waals surface area contributed by atoms with Crippen LogP contribution in [0.2, 0.25) is 0 Å². The fourth-order valence-corrected chi connectivity index (χ4v) is 3.01. The number of alkyl halides is 2. The van der Waals surface area contributed by atoms with Gasteiger partial charge in [-0.25, -0.2) is 8.78 Å². The van der Waals surface area contributed by atoms with Gasteiger partial charge in [0.2, 0.25) is 0 Å². The third kappa shape index (κ3) is 2.49. The average Bonchev–Trinajstić information content (AvgIpc) is 2.33. The van der Waals surface area contributed by atoms with Crippen molar-refractivity contribution in [3.63, 3.8) is 0 Å². The number of nitrogens with one attached hydrogen (secondary N) is 1. The zero-order chi connectivity index (χ0) is 11.7. The van der Waals surface area contributed by atoms with Gasteiger partial charge in [0.1, 0.15) is 0 Å². The van der Waals surface area contributed by atoms with Crippen molar-refractivity contribution >= 4 is 0 Å². The lowest BCUT2D eigenvalue weighted by Gasteiger charge is -2.35. The van der Waals surface area contributed by atoms with Gasteiger partial charge in [-0.1, -0.05) is 27.7 Å². The van der Waals surface area contributed by atoms with Gasteiger partial charge in [-0.15, -0.1) is 0 Å². The van der Waals surface area contributed by atoms with Crippen LogP contribution in [0.3, 0.4) is 0 Å². The van der Waals surface area contributed by atoms with E-state index < -0.39 is 12.0 Å². The van der Waals surface area contributed by atoms with E-state index in [4.69, 9.17) is 0 Å². The molecule has 0 aromatic rings. The molecule has 0 aliphatic heterocycles. The normalized spacial score (nSPS) is 35.0. The average molecular weight is 219 g/mol. The first kappa shape index (κ1) is 12.9. The molecule has 1 aliphatic rings. The Morgan fingerprint density at radius 1 is 1.40 bits per heavy atom. The Morgan fingerprint density at radius 3 is 2.33 bits per heavy atom. The fraction of sp³-hybridized carbons (Fsp3) is 1.00. The van der Waals surface area contributed by atoms with Gasteiger partial charge in [0.25, 0.3) is 6.43 Å². The van der Waals surface area contributed by atoms with Crippen molar-refractivity contribution in [3.05, 3.63) is 0 Å². The Kier molecular flexibility index (Phi) is 3.75. The first-order chi connectivity index (χ1) is 6.84. The second kappa shape index (κ2) is 4.36. The number of hydrogen-bond acceptors (Lipinski definition) is 1. The lowest BCUT2D eigenvalue weighted by Crippen LogP contribution is -2.54. The molecule has 0 amide bonds. The summed E-state index contributed by atoms with van der Waals surface area (Å²) in [6, 6.07) is 0. The van der Waals surface area contributed by atoms with Gasteiger partial charge in [-0.3, -0.25) is 0 Å². The van der Waals surface area contributed by atoms with E-state index in [0.717, 1.165) is 12.8 Å². The van der Waals surface area contributed by atoms with Crippen LogP contribution in [-0.4, -0.2) is 18.5 Å². The molecule has 1 aliphatic carbocycles. The van der Waals surface area contributed by atoms with Crippen molar-refractivity contribution in [2.45, 2.75) is 58.9 Å². The highest BCUT2D eigenvalue weighted by Gasteiger charge is 2.53. The zero-order valence-electron chi connectivity index (χ0n) is 10.2. The van der Waals surface area contributed by atoms with Crippen LogP contribution in [0, 0.1) is 11.3 Å². The molecule has 3 heteroatoms. The van der Waals surface area contributed by atoms with Crippen LogP contribution in [0.1, 0.15) is 47.0 Å². The number of rotatable bonds is 4. The minimum absolute atomic E-state index is 0.0383. The predicted molar refractivity (Wildman–Crippen MR) is 59.2 cm³/mol. The molecular formula is C12H23F2N. The van der Waals surface area contributed by atoms with E-state index in [0.29, 0.717) is 13.0 Å². The van der Waals surface area contributed by atoms with Crippen LogP contribution in [0.25, 0.3) is 0 Å². The molecular weight excluding hydrogens is 196 g/mol. The Bertz CT molecular complexity index is 216. The maximum absolute atomic E-state index is 13.2. The lowest BCUT2D eigenvalue weighted by atomic mass is 9.86. The molecule has 0 radical (unpaired) electrons. The second-order valence-corrected chi connectivity index (χ2v) is 5.71. The van der Waals surface area contributed by atoms with Gasteiger partial charge >= 0.3 is 0 Å². The van der Waals surface area contributed by atoms with E-state index in [9.17, 15) is 8.78 Å². The standard InChI is InChI=1S/C12H23F2N/c1-5-6-15-12(10(13)14)8-11(3,4)7-9(12)2/h9-10,15H,5-8H2,1-4H3. The van der Waals surface area contributed by atoms with Crippen molar-refractivity contribution < 1.29 is 8.78 Å². The van der Waals surface area contributed by atoms with Gasteiger partial charge < -0.3 is 5.32 Å². The third-order valence-electron chi connectivity index (χ3n) is 3.60. The summed E-state index contributed by atoms with van der Waals surface area (Å²) in [5.41, 5.74) is -0.907. The largest absolute Gasteiger partial charge is 0.306 e. The van der Waals surface area contributed by atoms with Crippen LogP contribution in [0.15, 0.2) is 0 Å². The monoisotopic (exact) mass is 219 g/mol. The van der Waals surface area contributed by atoms with Crippen molar-refractivity contribution in [1.29, 1.82) is 0 Å². The van der Waals surface area contributed by atoms with Crippen molar-refractivity contribution in [2.75, 3.05) is 6.54 Å². The molecule has 1 fully saturated rings. The van der Waals surface area contributed by atoms with Gasteiger partial charge in [0.15, 0.2) is 0 Å². The maximum atomic E-state index is 13.2. The van der Waals surface area contributed by atoms with E-state index >= 15 is 0 Å². The van der Waals surface area contributed by atoms with Gasteiger partial charge in [-0.05, 0) is 37.1 Å². The summed E-state index contributed by atoms with van der Waals surface area (Å²) in [7, 11) is 0. The topological polar surface area (TPSA) is 12.0 Å². The highest BCUT2D eigenvalue weighted by molar-refractivity contribution is 5.05. The van der Waals surface area contributed by atoms with Crippen molar-refractivity contribution in [3.8, 4) is 0 Å². The summed E-state index contributed by atoms with van der Waals surface area (Å²) < 4.78 is 26.5. The van der Waals surface area contributed by atoms with Crippen LogP contribution >= 0.6 is 0 Å². The Labute approximate surface area is 91.6 Å². The van der Waals surface area contributed by atoms with Crippen LogP contribution in [0.5, 0.6) is 0 Å². The third-order valence-corrected chi connectivity index (χ3v) is 3.60. The van der Waals surface area contributed by atoms with Crippen molar-refractivity contribution in [2.24, 2.45) is 11.3 Å². The molecule has 0 bridgehead atoms. The quantitative estimate of drug-likeness (QED) is 0.763. The molecule has 0 saturated heterocycles. The van der Waals surface area contributed by atoms with E-state index in [-0.39, 0.29) is 11.3 Å². The molecule has 2 unspecified atom stereocenters. The SMILES string of the molecule is CCCNC1(C(F)F)CC(C)(C)CC1C. The Hall–Kier alpha value is -0.180. The Balaban J connectivity index is 2.82. The highest BCUT2D eigenvalue weighted by Crippen LogP contribution is 2.49. The molecule has 2 atom stereocenters. The van der Waals surface area contributed by atoms with Gasteiger partial charge in [0, 0.05) is 0 Å². The predicted octanol–water partition coefficient (Wildman–Crippen LogP) is 3.45. The minimum atomic E-state index is -2.26. The maximum Gasteiger partial charge on any atom is 0.256 e. The van der Waals surface area contributed by atoms with Gasteiger partial charge in [-0.2, -0.15) is 0 Å². The first-order valence-electron chi connectivity index (χ1n) is 5.87. The molecule has 0 spiro atoms. The summed E-state index contributed by atoms with van der Waals surface area (Å²) in [6.45, 7) is 8.81. The minimum Gasteiger partial charge on any atom is -0.306 e. The molecule has 1 saturated carbocycles. The zero-order valence-corrected chi connectivity index (χ0v) is 10.2. The molecule has 0 heterocycles. The number of halogens is 2. The molecule has 0 aromatic heterocycles. The molecule has 1 N–H and O–H groups in total. The van der Waals surface area contributed by atoms with E-state index in [1.54, 1.807) is 0 Å². The molecule has 1 rings (SSSR count). The molecule has 1 nitrogen and oxygen atoms in total. The van der Waals surface area contributed by atoms with E-state index in [1.807, 2.05) is 13.8 Å². The molecule has 15 heavy (non-hydrogen) atoms. The highest BCUT2D eigenvalue weighted by atomic mass is 19.3. The summed E-state index contributed by atoms with van der Waals surface area (Å²) in [6.07, 6.45) is 0.106. The number of hydrogen-bond donors (Lipinski definition) is 1. The summed E-state index contributed by atoms with van der Waals surface area (Å²) in [5.74, 6) is 0.0547. The van der Waals surface area contributed by atoms with E-state index in [2.05, 4.69) is 19.2 Å². The smallest absolute Gasteiger partial charge is 0.256 e. The lowest BCUT2D eigenvalue weighted by molar-refractivity contribution is 0.00696. The van der Waals surface area contributed by atoms with Crippen LogP contribution < -0.4 is 5.32 Å². The van der Waals surface area contributed by atoms with Crippen molar-refractivity contribution in [1.82, 2.24) is 5.32 Å². The molecule has 0 aromatic carbocycles. The second-order valence-electron chi connectivity index (χ2n) is 5.71. The van der Waals surface area contributed by atoms with E-state index in [1.165, 1.54) is 0 Å². The summed E-state index contributed by atoms with van der Waals surface area (Å²) in [5, 5.41) is 3.10. The van der Waals surface area contributed by atoms with Crippen LogP contribution in [-0.2, 0) is 0 Å². The summed E-state index contributed by atoms with van der Waals surface area (Å²) in [4.78, 5) is 0. The van der Waals surface area contributed by atoms with Crippen LogP contribution in [0.4, 0.5) is 8.78 Å². The molecule has 90 valence electrons. The summed E-state index contributed by atoms with van der Waals surface area (Å²) >= 11 is 0. The fourth-order valence-electron chi connectivity index (χ4n) is 3.01. The first-order valence-corrected chi connectivity index (χ1v) is 5.87.